The fraction of sp³-hybridized carbons (Fsp3) is 0.304. The first kappa shape index (κ1) is 23.3. The van der Waals surface area contributed by atoms with Crippen LogP contribution >= 0.6 is 23.4 Å². The van der Waals surface area contributed by atoms with Crippen molar-refractivity contribution in [2.45, 2.75) is 25.0 Å². The van der Waals surface area contributed by atoms with Gasteiger partial charge in [-0.15, -0.1) is 0 Å². The van der Waals surface area contributed by atoms with Crippen molar-refractivity contribution in [1.29, 1.82) is 0 Å². The van der Waals surface area contributed by atoms with Crippen molar-refractivity contribution in [2.24, 2.45) is 0 Å². The Morgan fingerprint density at radius 1 is 1.19 bits per heavy atom. The van der Waals surface area contributed by atoms with Gasteiger partial charge in [-0.25, -0.2) is 0 Å². The van der Waals surface area contributed by atoms with Gasteiger partial charge >= 0.3 is 0 Å². The molecule has 8 heteroatoms. The summed E-state index contributed by atoms with van der Waals surface area (Å²) < 4.78 is 10.9. The number of thioether (sulfide) groups is 1. The van der Waals surface area contributed by atoms with Gasteiger partial charge < -0.3 is 19.7 Å². The second kappa shape index (κ2) is 10.8. The quantitative estimate of drug-likeness (QED) is 0.461. The first-order chi connectivity index (χ1) is 14.9. The maximum absolute atomic E-state index is 12.9. The number of likely N-dealkylation sites (N-methyl/N-ethyl adjacent to an activating group) is 1. The van der Waals surface area contributed by atoms with Crippen LogP contribution in [0.2, 0.25) is 5.02 Å². The smallest absolute Gasteiger partial charge is 0.264 e. The number of benzene rings is 2. The second-order valence-corrected chi connectivity index (χ2v) is 8.28. The standard InChI is InChI=1S/C23H25ClN2O4S/c1-4-29-21(30-5-2)14-25-22(27)16-9-10-19-18(13-16)26(3)23(28)20(31-19)12-15-7-6-8-17(24)11-15/h6-13,21H,4-5,14H2,1-3H3,(H,25,27). The number of hydrogen-bond acceptors (Lipinski definition) is 5. The Kier molecular flexibility index (Phi) is 8.15. The lowest BCUT2D eigenvalue weighted by Crippen LogP contribution is -2.35. The lowest BCUT2D eigenvalue weighted by atomic mass is 10.1. The van der Waals surface area contributed by atoms with Crippen LogP contribution < -0.4 is 10.2 Å². The molecule has 1 N–H and O–H groups in total. The van der Waals surface area contributed by atoms with Crippen LogP contribution in [0.25, 0.3) is 6.08 Å². The molecule has 164 valence electrons. The van der Waals surface area contributed by atoms with Crippen molar-refractivity contribution >= 4 is 46.9 Å². The van der Waals surface area contributed by atoms with Gasteiger partial charge in [-0.05, 0) is 55.8 Å². The number of rotatable bonds is 8. The third kappa shape index (κ3) is 5.89. The van der Waals surface area contributed by atoms with Crippen LogP contribution in [0, 0.1) is 0 Å². The molecule has 0 bridgehead atoms. The van der Waals surface area contributed by atoms with Crippen LogP contribution in [-0.2, 0) is 14.3 Å². The predicted octanol–water partition coefficient (Wildman–Crippen LogP) is 4.58. The van der Waals surface area contributed by atoms with E-state index in [1.807, 2.05) is 44.2 Å². The maximum atomic E-state index is 12.9. The first-order valence-corrected chi connectivity index (χ1v) is 11.2. The minimum absolute atomic E-state index is 0.136. The van der Waals surface area contributed by atoms with Crippen LogP contribution in [0.1, 0.15) is 29.8 Å². The molecule has 2 amide bonds. The van der Waals surface area contributed by atoms with Gasteiger partial charge in [-0.1, -0.05) is 35.5 Å². The minimum atomic E-state index is -0.490. The number of nitrogens with one attached hydrogen (secondary N) is 1. The fourth-order valence-electron chi connectivity index (χ4n) is 3.10. The number of hydrogen-bond donors (Lipinski definition) is 1. The summed E-state index contributed by atoms with van der Waals surface area (Å²) in [5.74, 6) is -0.388. The zero-order chi connectivity index (χ0) is 22.4. The molecule has 0 spiro atoms. The van der Waals surface area contributed by atoms with Crippen molar-refractivity contribution in [3.63, 3.8) is 0 Å². The normalized spacial score (nSPS) is 14.8. The van der Waals surface area contributed by atoms with E-state index < -0.39 is 6.29 Å². The average molecular weight is 461 g/mol. The SMILES string of the molecule is CCOC(CNC(=O)c1ccc2c(c1)N(C)C(=O)C(=Cc1cccc(Cl)c1)S2)OCC. The van der Waals surface area contributed by atoms with E-state index in [-0.39, 0.29) is 18.4 Å². The largest absolute Gasteiger partial charge is 0.351 e. The molecule has 3 rings (SSSR count). The molecule has 6 nitrogen and oxygen atoms in total. The van der Waals surface area contributed by atoms with Crippen LogP contribution in [0.3, 0.4) is 0 Å². The van der Waals surface area contributed by atoms with E-state index in [9.17, 15) is 9.59 Å². The number of anilines is 1. The summed E-state index contributed by atoms with van der Waals surface area (Å²) in [7, 11) is 1.70. The number of amides is 2. The summed E-state index contributed by atoms with van der Waals surface area (Å²) in [6, 6.07) is 12.7. The van der Waals surface area contributed by atoms with Gasteiger partial charge in [0, 0.05) is 35.7 Å². The zero-order valence-corrected chi connectivity index (χ0v) is 19.3. The summed E-state index contributed by atoms with van der Waals surface area (Å²) >= 11 is 7.43. The third-order valence-electron chi connectivity index (χ3n) is 4.60. The molecule has 1 aliphatic rings. The van der Waals surface area contributed by atoms with Crippen molar-refractivity contribution in [3.8, 4) is 0 Å². The molecule has 0 unspecified atom stereocenters. The lowest BCUT2D eigenvalue weighted by Gasteiger charge is -2.27. The summed E-state index contributed by atoms with van der Waals surface area (Å²) in [6.45, 7) is 4.98. The highest BCUT2D eigenvalue weighted by Crippen LogP contribution is 2.42. The molecule has 0 aromatic heterocycles. The van der Waals surface area contributed by atoms with Gasteiger partial charge in [0.15, 0.2) is 6.29 Å². The monoisotopic (exact) mass is 460 g/mol. The number of halogens is 1. The van der Waals surface area contributed by atoms with Gasteiger partial charge in [0.05, 0.1) is 17.1 Å². The number of carbonyl (C=O) groups is 2. The molecule has 31 heavy (non-hydrogen) atoms. The van der Waals surface area contributed by atoms with Gasteiger partial charge in [-0.2, -0.15) is 0 Å². The van der Waals surface area contributed by atoms with Gasteiger partial charge in [-0.3, -0.25) is 9.59 Å². The molecule has 0 saturated carbocycles. The van der Waals surface area contributed by atoms with E-state index in [0.29, 0.717) is 34.4 Å². The number of carbonyl (C=O) groups excluding carboxylic acids is 2. The lowest BCUT2D eigenvalue weighted by molar-refractivity contribution is -0.131. The van der Waals surface area contributed by atoms with Crippen molar-refractivity contribution in [2.75, 3.05) is 31.7 Å². The summed E-state index contributed by atoms with van der Waals surface area (Å²) in [5.41, 5.74) is 2.01. The van der Waals surface area contributed by atoms with Crippen LogP contribution in [0.15, 0.2) is 52.3 Å². The van der Waals surface area contributed by atoms with E-state index in [1.54, 1.807) is 30.1 Å². The van der Waals surface area contributed by atoms with E-state index in [0.717, 1.165) is 10.5 Å². The summed E-state index contributed by atoms with van der Waals surface area (Å²) in [6.07, 6.45) is 1.33. The fourth-order valence-corrected chi connectivity index (χ4v) is 4.39. The van der Waals surface area contributed by atoms with E-state index in [1.165, 1.54) is 11.8 Å². The number of fused-ring (bicyclic) bond motifs is 1. The molecule has 0 fully saturated rings. The summed E-state index contributed by atoms with van der Waals surface area (Å²) in [4.78, 5) is 28.5. The molecule has 0 atom stereocenters. The Bertz CT molecular complexity index is 989. The maximum Gasteiger partial charge on any atom is 0.264 e. The molecule has 2 aromatic rings. The molecular formula is C23H25ClN2O4S. The van der Waals surface area contributed by atoms with Crippen LogP contribution in [0.4, 0.5) is 5.69 Å². The molecule has 2 aromatic carbocycles. The average Bonchev–Trinajstić information content (AvgIpc) is 2.75. The number of ether oxygens (including phenoxy) is 2. The highest BCUT2D eigenvalue weighted by Gasteiger charge is 2.27. The van der Waals surface area contributed by atoms with Crippen molar-refractivity contribution in [1.82, 2.24) is 5.32 Å². The van der Waals surface area contributed by atoms with E-state index in [4.69, 9.17) is 21.1 Å². The first-order valence-electron chi connectivity index (χ1n) is 10.0. The van der Waals surface area contributed by atoms with Gasteiger partial charge in [0.1, 0.15) is 0 Å². The van der Waals surface area contributed by atoms with Crippen molar-refractivity contribution in [3.05, 3.63) is 63.5 Å². The molecule has 1 heterocycles. The Hall–Kier alpha value is -2.32. The van der Waals surface area contributed by atoms with Crippen molar-refractivity contribution < 1.29 is 19.1 Å². The van der Waals surface area contributed by atoms with Crippen LogP contribution in [-0.4, -0.2) is 44.9 Å². The number of nitrogens with zero attached hydrogens (tertiary/aromatic N) is 1. The highest BCUT2D eigenvalue weighted by atomic mass is 35.5. The van der Waals surface area contributed by atoms with E-state index >= 15 is 0 Å². The zero-order valence-electron chi connectivity index (χ0n) is 17.7. The molecule has 0 radical (unpaired) electrons. The van der Waals surface area contributed by atoms with E-state index in [2.05, 4.69) is 5.32 Å². The molecular weight excluding hydrogens is 436 g/mol. The Balaban J connectivity index is 1.76. The second-order valence-electron chi connectivity index (χ2n) is 6.76. The Morgan fingerprint density at radius 3 is 2.61 bits per heavy atom. The Morgan fingerprint density at radius 2 is 1.94 bits per heavy atom. The van der Waals surface area contributed by atoms with Gasteiger partial charge in [0.2, 0.25) is 0 Å². The molecule has 1 aliphatic heterocycles. The summed E-state index contributed by atoms with van der Waals surface area (Å²) in [5, 5.41) is 3.44. The molecule has 0 aliphatic carbocycles. The predicted molar refractivity (Wildman–Crippen MR) is 125 cm³/mol. The highest BCUT2D eigenvalue weighted by molar-refractivity contribution is 8.04. The third-order valence-corrected chi connectivity index (χ3v) is 5.91. The minimum Gasteiger partial charge on any atom is -0.351 e. The Labute approximate surface area is 191 Å². The van der Waals surface area contributed by atoms with Gasteiger partial charge in [0.25, 0.3) is 11.8 Å². The van der Waals surface area contributed by atoms with Crippen LogP contribution in [0.5, 0.6) is 0 Å². The molecule has 0 saturated heterocycles. The topological polar surface area (TPSA) is 67.9 Å².